The van der Waals surface area contributed by atoms with Gasteiger partial charge in [0.2, 0.25) is 0 Å². The molecule has 2 aromatic carbocycles. The van der Waals surface area contributed by atoms with E-state index in [1.807, 2.05) is 44.2 Å². The summed E-state index contributed by atoms with van der Waals surface area (Å²) in [6.07, 6.45) is 1.29. The number of aliphatic carboxylic acids is 1. The Morgan fingerprint density at radius 3 is 2.40 bits per heavy atom. The van der Waals surface area contributed by atoms with Crippen LogP contribution in [0.15, 0.2) is 54.6 Å². The van der Waals surface area contributed by atoms with Crippen molar-refractivity contribution in [3.63, 3.8) is 0 Å². The molecule has 0 fully saturated rings. The van der Waals surface area contributed by atoms with E-state index in [-0.39, 0.29) is 5.91 Å². The zero-order chi connectivity index (χ0) is 18.0. The molecule has 0 bridgehead atoms. The van der Waals surface area contributed by atoms with Gasteiger partial charge in [0, 0.05) is 12.1 Å². The highest BCUT2D eigenvalue weighted by Gasteiger charge is 2.50. The van der Waals surface area contributed by atoms with E-state index in [9.17, 15) is 14.7 Å². The van der Waals surface area contributed by atoms with E-state index < -0.39 is 17.4 Å². The molecule has 0 saturated heterocycles. The van der Waals surface area contributed by atoms with Crippen molar-refractivity contribution < 1.29 is 14.7 Å². The van der Waals surface area contributed by atoms with Crippen molar-refractivity contribution in [1.29, 1.82) is 0 Å². The summed E-state index contributed by atoms with van der Waals surface area (Å²) in [5, 5.41) is 9.90. The molecule has 4 heteroatoms. The predicted molar refractivity (Wildman–Crippen MR) is 96.7 cm³/mol. The fourth-order valence-corrected chi connectivity index (χ4v) is 3.85. The number of carbonyl (C=O) groups is 2. The van der Waals surface area contributed by atoms with Crippen LogP contribution in [-0.4, -0.2) is 34.0 Å². The topological polar surface area (TPSA) is 57.6 Å². The van der Waals surface area contributed by atoms with Crippen molar-refractivity contribution in [2.45, 2.75) is 38.1 Å². The second kappa shape index (κ2) is 6.71. The first-order valence-electron chi connectivity index (χ1n) is 8.66. The summed E-state index contributed by atoms with van der Waals surface area (Å²) >= 11 is 0. The minimum Gasteiger partial charge on any atom is -0.481 e. The number of hydrogen-bond donors (Lipinski definition) is 1. The molecule has 0 spiro atoms. The molecule has 1 heterocycles. The van der Waals surface area contributed by atoms with Gasteiger partial charge in [0.15, 0.2) is 0 Å². The average molecular weight is 337 g/mol. The number of carboxylic acids is 1. The van der Waals surface area contributed by atoms with Crippen molar-refractivity contribution in [2.75, 3.05) is 6.54 Å². The van der Waals surface area contributed by atoms with Crippen LogP contribution in [0.2, 0.25) is 0 Å². The highest BCUT2D eigenvalue weighted by atomic mass is 16.4. The Hall–Kier alpha value is -2.62. The number of carbonyl (C=O) groups excluding carboxylic acids is 1. The summed E-state index contributed by atoms with van der Waals surface area (Å²) in [6, 6.07) is 17.1. The Morgan fingerprint density at radius 2 is 1.76 bits per heavy atom. The Balaban J connectivity index is 2.01. The van der Waals surface area contributed by atoms with Crippen LogP contribution in [0.4, 0.5) is 0 Å². The zero-order valence-electron chi connectivity index (χ0n) is 14.6. The smallest absolute Gasteiger partial charge is 0.313 e. The largest absolute Gasteiger partial charge is 0.481 e. The SMILES string of the molecule is CCC1(C)C(C(=O)O)c2ccccc2C(=O)N1CCc1ccccc1. The molecule has 0 saturated carbocycles. The van der Waals surface area contributed by atoms with Gasteiger partial charge in [-0.1, -0.05) is 55.5 Å². The lowest BCUT2D eigenvalue weighted by Crippen LogP contribution is -2.59. The molecule has 25 heavy (non-hydrogen) atoms. The van der Waals surface area contributed by atoms with E-state index in [0.29, 0.717) is 30.5 Å². The molecule has 2 atom stereocenters. The quantitative estimate of drug-likeness (QED) is 0.904. The molecule has 0 aliphatic carbocycles. The summed E-state index contributed by atoms with van der Waals surface area (Å²) in [5.41, 5.74) is 1.53. The lowest BCUT2D eigenvalue weighted by Gasteiger charge is -2.48. The monoisotopic (exact) mass is 337 g/mol. The third-order valence-corrected chi connectivity index (χ3v) is 5.42. The fourth-order valence-electron chi connectivity index (χ4n) is 3.85. The normalized spacial score (nSPS) is 22.6. The first-order valence-corrected chi connectivity index (χ1v) is 8.66. The second-order valence-electron chi connectivity index (χ2n) is 6.76. The van der Waals surface area contributed by atoms with Gasteiger partial charge in [-0.05, 0) is 37.0 Å². The number of nitrogens with zero attached hydrogens (tertiary/aromatic N) is 1. The third kappa shape index (κ3) is 2.93. The summed E-state index contributed by atoms with van der Waals surface area (Å²) in [4.78, 5) is 27.0. The molecule has 130 valence electrons. The highest BCUT2D eigenvalue weighted by Crippen LogP contribution is 2.43. The first kappa shape index (κ1) is 17.2. The van der Waals surface area contributed by atoms with Crippen LogP contribution in [0.1, 0.15) is 47.7 Å². The lowest BCUT2D eigenvalue weighted by atomic mass is 9.72. The van der Waals surface area contributed by atoms with Crippen LogP contribution < -0.4 is 0 Å². The molecule has 2 aromatic rings. The van der Waals surface area contributed by atoms with Crippen molar-refractivity contribution in [3.05, 3.63) is 71.3 Å². The van der Waals surface area contributed by atoms with E-state index in [1.54, 1.807) is 29.2 Å². The number of fused-ring (bicyclic) bond motifs is 1. The summed E-state index contributed by atoms with van der Waals surface area (Å²) in [7, 11) is 0. The number of hydrogen-bond acceptors (Lipinski definition) is 2. The minimum absolute atomic E-state index is 0.0756. The number of carboxylic acid groups (broad SMARTS) is 1. The lowest BCUT2D eigenvalue weighted by molar-refractivity contribution is -0.142. The van der Waals surface area contributed by atoms with Crippen LogP contribution in [-0.2, 0) is 11.2 Å². The molecule has 1 N–H and O–H groups in total. The molecule has 1 aliphatic rings. The Bertz CT molecular complexity index is 787. The molecule has 0 radical (unpaired) electrons. The van der Waals surface area contributed by atoms with Crippen LogP contribution in [0.25, 0.3) is 0 Å². The van der Waals surface area contributed by atoms with E-state index in [4.69, 9.17) is 0 Å². The zero-order valence-corrected chi connectivity index (χ0v) is 14.6. The molecule has 0 aromatic heterocycles. The number of benzene rings is 2. The molecular weight excluding hydrogens is 314 g/mol. The first-order chi connectivity index (χ1) is 12.0. The van der Waals surface area contributed by atoms with Crippen molar-refractivity contribution in [2.24, 2.45) is 0 Å². The molecule has 4 nitrogen and oxygen atoms in total. The summed E-state index contributed by atoms with van der Waals surface area (Å²) < 4.78 is 0. The van der Waals surface area contributed by atoms with Gasteiger partial charge in [0.1, 0.15) is 5.92 Å². The Labute approximate surface area is 148 Å². The summed E-state index contributed by atoms with van der Waals surface area (Å²) in [5.74, 6) is -1.68. The van der Waals surface area contributed by atoms with Crippen molar-refractivity contribution in [3.8, 4) is 0 Å². The molecular formula is C21H23NO3. The van der Waals surface area contributed by atoms with Gasteiger partial charge in [0.05, 0.1) is 5.54 Å². The van der Waals surface area contributed by atoms with Gasteiger partial charge in [-0.2, -0.15) is 0 Å². The van der Waals surface area contributed by atoms with Crippen LogP contribution >= 0.6 is 0 Å². The summed E-state index contributed by atoms with van der Waals surface area (Å²) in [6.45, 7) is 4.35. The van der Waals surface area contributed by atoms with Crippen LogP contribution in [0.5, 0.6) is 0 Å². The minimum atomic E-state index is -0.881. The van der Waals surface area contributed by atoms with Crippen LogP contribution in [0.3, 0.4) is 0 Å². The average Bonchev–Trinajstić information content (AvgIpc) is 2.62. The van der Waals surface area contributed by atoms with E-state index in [2.05, 4.69) is 0 Å². The van der Waals surface area contributed by atoms with E-state index in [0.717, 1.165) is 5.56 Å². The van der Waals surface area contributed by atoms with E-state index in [1.165, 1.54) is 0 Å². The van der Waals surface area contributed by atoms with E-state index >= 15 is 0 Å². The maximum atomic E-state index is 13.1. The van der Waals surface area contributed by atoms with Gasteiger partial charge in [0.25, 0.3) is 5.91 Å². The van der Waals surface area contributed by atoms with Gasteiger partial charge in [-0.3, -0.25) is 9.59 Å². The Kier molecular flexibility index (Phi) is 4.62. The molecule has 3 rings (SSSR count). The third-order valence-electron chi connectivity index (χ3n) is 5.42. The maximum Gasteiger partial charge on any atom is 0.313 e. The van der Waals surface area contributed by atoms with Crippen molar-refractivity contribution >= 4 is 11.9 Å². The highest BCUT2D eigenvalue weighted by molar-refractivity contribution is 6.00. The van der Waals surface area contributed by atoms with Gasteiger partial charge < -0.3 is 10.0 Å². The molecule has 1 amide bonds. The molecule has 1 aliphatic heterocycles. The van der Waals surface area contributed by atoms with Gasteiger partial charge in [-0.15, -0.1) is 0 Å². The van der Waals surface area contributed by atoms with Gasteiger partial charge >= 0.3 is 5.97 Å². The Morgan fingerprint density at radius 1 is 1.12 bits per heavy atom. The predicted octanol–water partition coefficient (Wildman–Crippen LogP) is 3.72. The van der Waals surface area contributed by atoms with Crippen molar-refractivity contribution in [1.82, 2.24) is 4.90 Å². The second-order valence-corrected chi connectivity index (χ2v) is 6.76. The number of amides is 1. The fraction of sp³-hybridized carbons (Fsp3) is 0.333. The molecule has 2 unspecified atom stereocenters. The standard InChI is InChI=1S/C21H23NO3/c1-3-21(2)18(20(24)25)16-11-7-8-12-17(16)19(23)22(21)14-13-15-9-5-4-6-10-15/h4-12,18H,3,13-14H2,1-2H3,(H,24,25). The maximum absolute atomic E-state index is 13.1. The number of rotatable bonds is 5. The van der Waals surface area contributed by atoms with Gasteiger partial charge in [-0.25, -0.2) is 0 Å². The van der Waals surface area contributed by atoms with Crippen LogP contribution in [0, 0.1) is 0 Å².